The van der Waals surface area contributed by atoms with Crippen LogP contribution in [0.3, 0.4) is 0 Å². The van der Waals surface area contributed by atoms with Crippen LogP contribution >= 0.6 is 0 Å². The molecule has 1 heterocycles. The van der Waals surface area contributed by atoms with E-state index in [2.05, 4.69) is 10.3 Å². The number of aromatic carboxylic acids is 1. The molecule has 1 aromatic carbocycles. The molecule has 0 atom stereocenters. The van der Waals surface area contributed by atoms with Gasteiger partial charge in [-0.05, 0) is 6.07 Å². The third-order valence-electron chi connectivity index (χ3n) is 2.33. The number of carboxylic acids is 1. The highest BCUT2D eigenvalue weighted by Gasteiger charge is 2.15. The van der Waals surface area contributed by atoms with Crippen LogP contribution in [0.1, 0.15) is 10.5 Å². The van der Waals surface area contributed by atoms with Gasteiger partial charge in [0.05, 0.1) is 24.3 Å². The van der Waals surface area contributed by atoms with Crippen LogP contribution in [0, 0.1) is 10.1 Å². The summed E-state index contributed by atoms with van der Waals surface area (Å²) in [5.41, 5.74) is -0.0207. The van der Waals surface area contributed by atoms with E-state index in [9.17, 15) is 14.9 Å². The zero-order valence-electron chi connectivity index (χ0n) is 9.68. The number of hydrogen-bond donors (Lipinski definition) is 1. The van der Waals surface area contributed by atoms with E-state index < -0.39 is 10.9 Å². The molecule has 0 aliphatic carbocycles. The van der Waals surface area contributed by atoms with Gasteiger partial charge in [0.2, 0.25) is 0 Å². The van der Waals surface area contributed by atoms with Gasteiger partial charge in [-0.1, -0.05) is 5.21 Å². The number of nitro benzene ring substituents is 1. The standard InChI is InChI=1S/C10H8N4O5/c1-19-9-4-6(14(17)18)2-3-8(9)13-5-7(10(15)16)11-12-13/h2-5H,1H3,(H,15,16). The molecule has 0 aliphatic heterocycles. The second kappa shape index (κ2) is 4.72. The van der Waals surface area contributed by atoms with Gasteiger partial charge >= 0.3 is 5.97 Å². The van der Waals surface area contributed by atoms with Crippen LogP contribution in [0.25, 0.3) is 5.69 Å². The minimum Gasteiger partial charge on any atom is -0.494 e. The van der Waals surface area contributed by atoms with Crippen LogP contribution < -0.4 is 4.74 Å². The fourth-order valence-electron chi connectivity index (χ4n) is 1.45. The molecule has 9 heteroatoms. The Bertz CT molecular complexity index is 651. The highest BCUT2D eigenvalue weighted by atomic mass is 16.6. The maximum Gasteiger partial charge on any atom is 0.358 e. The van der Waals surface area contributed by atoms with Crippen LogP contribution in [0.5, 0.6) is 5.75 Å². The normalized spacial score (nSPS) is 10.2. The summed E-state index contributed by atoms with van der Waals surface area (Å²) in [6.07, 6.45) is 1.19. The molecule has 0 radical (unpaired) electrons. The van der Waals surface area contributed by atoms with E-state index in [1.807, 2.05) is 0 Å². The maximum atomic E-state index is 10.7. The molecule has 0 fully saturated rings. The first-order chi connectivity index (χ1) is 9.02. The van der Waals surface area contributed by atoms with Crippen molar-refractivity contribution < 1.29 is 19.6 Å². The quantitative estimate of drug-likeness (QED) is 0.642. The van der Waals surface area contributed by atoms with Crippen molar-refractivity contribution in [2.75, 3.05) is 7.11 Å². The summed E-state index contributed by atoms with van der Waals surface area (Å²) in [5, 5.41) is 26.5. The van der Waals surface area contributed by atoms with Gasteiger partial charge in [-0.3, -0.25) is 10.1 Å². The molecule has 0 saturated heterocycles. The largest absolute Gasteiger partial charge is 0.494 e. The summed E-state index contributed by atoms with van der Waals surface area (Å²) < 4.78 is 6.19. The third-order valence-corrected chi connectivity index (χ3v) is 2.33. The lowest BCUT2D eigenvalue weighted by Crippen LogP contribution is -2.00. The number of ether oxygens (including phenoxy) is 1. The Morgan fingerprint density at radius 2 is 2.26 bits per heavy atom. The van der Waals surface area contributed by atoms with Gasteiger partial charge in [0.15, 0.2) is 11.4 Å². The van der Waals surface area contributed by atoms with Crippen molar-refractivity contribution in [2.24, 2.45) is 0 Å². The van der Waals surface area contributed by atoms with Gasteiger partial charge in [-0.25, -0.2) is 9.48 Å². The summed E-state index contributed by atoms with van der Waals surface area (Å²) in [4.78, 5) is 20.8. The first-order valence-corrected chi connectivity index (χ1v) is 5.01. The van der Waals surface area contributed by atoms with E-state index in [0.29, 0.717) is 5.69 Å². The van der Waals surface area contributed by atoms with Crippen LogP contribution in [0.15, 0.2) is 24.4 Å². The van der Waals surface area contributed by atoms with Gasteiger partial charge < -0.3 is 9.84 Å². The summed E-state index contributed by atoms with van der Waals surface area (Å²) in [6, 6.07) is 3.88. The zero-order chi connectivity index (χ0) is 14.0. The van der Waals surface area contributed by atoms with Gasteiger partial charge in [0.1, 0.15) is 5.69 Å². The van der Waals surface area contributed by atoms with E-state index in [0.717, 1.165) is 0 Å². The molecular formula is C10H8N4O5. The molecule has 0 unspecified atom stereocenters. The van der Waals surface area contributed by atoms with E-state index in [1.54, 1.807) is 0 Å². The number of methoxy groups -OCH3 is 1. The van der Waals surface area contributed by atoms with E-state index in [4.69, 9.17) is 9.84 Å². The minimum absolute atomic E-state index is 0.140. The van der Waals surface area contributed by atoms with Crippen molar-refractivity contribution in [1.82, 2.24) is 15.0 Å². The first-order valence-electron chi connectivity index (χ1n) is 5.01. The summed E-state index contributed by atoms with van der Waals surface area (Å²) in [5.74, 6) is -1.02. The summed E-state index contributed by atoms with van der Waals surface area (Å²) in [6.45, 7) is 0. The SMILES string of the molecule is COc1cc([N+](=O)[O-])ccc1-n1cc(C(=O)O)nn1. The monoisotopic (exact) mass is 264 g/mol. The Hall–Kier alpha value is -2.97. The number of hydrogen-bond acceptors (Lipinski definition) is 6. The molecule has 1 aromatic heterocycles. The number of benzene rings is 1. The van der Waals surface area contributed by atoms with E-state index in [1.165, 1.54) is 36.2 Å². The van der Waals surface area contributed by atoms with E-state index >= 15 is 0 Å². The third kappa shape index (κ3) is 2.34. The number of nitrogens with zero attached hydrogens (tertiary/aromatic N) is 4. The Balaban J connectivity index is 2.48. The molecule has 0 aliphatic rings. The summed E-state index contributed by atoms with van der Waals surface area (Å²) in [7, 11) is 1.34. The predicted octanol–water partition coefficient (Wildman–Crippen LogP) is 0.882. The van der Waals surface area contributed by atoms with E-state index in [-0.39, 0.29) is 17.1 Å². The van der Waals surface area contributed by atoms with Gasteiger partial charge in [-0.2, -0.15) is 0 Å². The number of non-ortho nitro benzene ring substituents is 1. The van der Waals surface area contributed by atoms with Crippen LogP contribution in [0.2, 0.25) is 0 Å². The zero-order valence-corrected chi connectivity index (χ0v) is 9.68. The Morgan fingerprint density at radius 1 is 1.53 bits per heavy atom. The lowest BCUT2D eigenvalue weighted by molar-refractivity contribution is -0.384. The fourth-order valence-corrected chi connectivity index (χ4v) is 1.45. The fraction of sp³-hybridized carbons (Fsp3) is 0.100. The average molecular weight is 264 g/mol. The second-order valence-electron chi connectivity index (χ2n) is 3.47. The van der Waals surface area contributed by atoms with Crippen molar-refractivity contribution in [1.29, 1.82) is 0 Å². The Morgan fingerprint density at radius 3 is 2.79 bits per heavy atom. The molecular weight excluding hydrogens is 256 g/mol. The number of aromatic nitrogens is 3. The molecule has 1 N–H and O–H groups in total. The molecule has 0 bridgehead atoms. The van der Waals surface area contributed by atoms with Crippen molar-refractivity contribution in [2.45, 2.75) is 0 Å². The smallest absolute Gasteiger partial charge is 0.358 e. The van der Waals surface area contributed by atoms with Crippen LogP contribution in [-0.4, -0.2) is 38.1 Å². The lowest BCUT2D eigenvalue weighted by atomic mass is 10.2. The van der Waals surface area contributed by atoms with Crippen LogP contribution in [-0.2, 0) is 0 Å². The number of carbonyl (C=O) groups is 1. The van der Waals surface area contributed by atoms with Gasteiger partial charge in [0.25, 0.3) is 5.69 Å². The number of nitro groups is 1. The molecule has 0 saturated carbocycles. The molecule has 2 rings (SSSR count). The minimum atomic E-state index is -1.22. The Labute approximate surface area is 106 Å². The topological polar surface area (TPSA) is 120 Å². The first kappa shape index (κ1) is 12.5. The Kier molecular flexibility index (Phi) is 3.10. The van der Waals surface area contributed by atoms with Gasteiger partial charge in [0, 0.05) is 6.07 Å². The number of carboxylic acid groups (broad SMARTS) is 1. The lowest BCUT2D eigenvalue weighted by Gasteiger charge is -2.06. The molecule has 2 aromatic rings. The molecule has 19 heavy (non-hydrogen) atoms. The molecule has 98 valence electrons. The van der Waals surface area contributed by atoms with Crippen molar-refractivity contribution >= 4 is 11.7 Å². The molecule has 9 nitrogen and oxygen atoms in total. The predicted molar refractivity (Wildman–Crippen MR) is 61.5 cm³/mol. The van der Waals surface area contributed by atoms with Crippen LogP contribution in [0.4, 0.5) is 5.69 Å². The average Bonchev–Trinajstić information content (AvgIpc) is 2.87. The molecule has 0 amide bonds. The van der Waals surface area contributed by atoms with Crippen molar-refractivity contribution in [3.8, 4) is 11.4 Å². The second-order valence-corrected chi connectivity index (χ2v) is 3.47. The highest BCUT2D eigenvalue weighted by Crippen LogP contribution is 2.27. The molecule has 0 spiro atoms. The van der Waals surface area contributed by atoms with Gasteiger partial charge in [-0.15, -0.1) is 5.10 Å². The number of rotatable bonds is 4. The van der Waals surface area contributed by atoms with Crippen molar-refractivity contribution in [3.63, 3.8) is 0 Å². The highest BCUT2D eigenvalue weighted by molar-refractivity contribution is 5.84. The maximum absolute atomic E-state index is 10.7. The summed E-state index contributed by atoms with van der Waals surface area (Å²) >= 11 is 0. The van der Waals surface area contributed by atoms with Crippen molar-refractivity contribution in [3.05, 3.63) is 40.2 Å².